The minimum Gasteiger partial charge on any atom is -0.462 e. The highest BCUT2D eigenvalue weighted by Gasteiger charge is 2.54. The van der Waals surface area contributed by atoms with E-state index in [0.717, 1.165) is 89.9 Å². The van der Waals surface area contributed by atoms with E-state index in [0.29, 0.717) is 12.8 Å². The van der Waals surface area contributed by atoms with E-state index in [4.69, 9.17) is 28.3 Å². The summed E-state index contributed by atoms with van der Waals surface area (Å²) in [6.07, 6.45) is 20.0. The van der Waals surface area contributed by atoms with Crippen LogP contribution in [0.15, 0.2) is 24.3 Å². The summed E-state index contributed by atoms with van der Waals surface area (Å²) >= 11 is 0. The molecule has 16 nitrogen and oxygen atoms in total. The molecule has 1 aliphatic rings. The number of allylic oxidation sites excluding steroid dienone is 4. The van der Waals surface area contributed by atoms with Gasteiger partial charge in [0.2, 0.25) is 0 Å². The zero-order chi connectivity index (χ0) is 45.4. The molecule has 1 rings (SSSR count). The predicted octanol–water partition coefficient (Wildman–Crippen LogP) is 8.17. The van der Waals surface area contributed by atoms with Crippen molar-refractivity contribution in [2.75, 3.05) is 13.2 Å². The van der Waals surface area contributed by atoms with E-state index in [1.165, 1.54) is 51.4 Å². The summed E-state index contributed by atoms with van der Waals surface area (Å²) in [5.41, 5.74) is 0. The monoisotopic (exact) mass is 914 g/mol. The largest absolute Gasteiger partial charge is 0.472 e. The average Bonchev–Trinajstić information content (AvgIpc) is 3.21. The molecule has 0 radical (unpaired) electrons. The summed E-state index contributed by atoms with van der Waals surface area (Å²) in [5, 5.41) is 41.2. The number of esters is 2. The lowest BCUT2D eigenvalue weighted by Crippen LogP contribution is -2.64. The van der Waals surface area contributed by atoms with Gasteiger partial charge in [-0.3, -0.25) is 23.2 Å². The fourth-order valence-corrected chi connectivity index (χ4v) is 8.44. The fourth-order valence-electron chi connectivity index (χ4n) is 6.90. The van der Waals surface area contributed by atoms with Crippen LogP contribution in [0.3, 0.4) is 0 Å². The van der Waals surface area contributed by atoms with Crippen LogP contribution in [0.5, 0.6) is 0 Å². The number of carbonyl (C=O) groups is 2. The lowest BCUT2D eigenvalue weighted by Gasteiger charge is -2.43. The number of phosphoric ester groups is 2. The molecule has 18 heteroatoms. The molecule has 7 N–H and O–H groups in total. The molecule has 1 aliphatic carbocycles. The van der Waals surface area contributed by atoms with Crippen LogP contribution in [0, 0.1) is 0 Å². The van der Waals surface area contributed by atoms with Gasteiger partial charge in [0.15, 0.2) is 6.10 Å². The Morgan fingerprint density at radius 2 is 0.902 bits per heavy atom. The third-order valence-electron chi connectivity index (χ3n) is 10.5. The number of phosphoric acid groups is 2. The molecule has 358 valence electrons. The zero-order valence-electron chi connectivity index (χ0n) is 36.8. The van der Waals surface area contributed by atoms with Crippen molar-refractivity contribution in [2.45, 2.75) is 224 Å². The van der Waals surface area contributed by atoms with E-state index < -0.39 is 83.5 Å². The summed E-state index contributed by atoms with van der Waals surface area (Å²) in [4.78, 5) is 54.2. The highest BCUT2D eigenvalue weighted by Crippen LogP contribution is 2.49. The molecule has 8 atom stereocenters. The first-order valence-electron chi connectivity index (χ1n) is 22.9. The fraction of sp³-hybridized carbons (Fsp3) is 0.860. The number of hydrogen-bond donors (Lipinski definition) is 7. The SMILES string of the molecule is CCCCCCC=CCCCCCCCCCC(=O)OC[C@H](COP(=O)(O)O[C@H]1C(O)C(O)C(O)[C@@H](OP(=O)(O)O)C1O)OC(=O)CCCCCCCC=CCCCCCC. The van der Waals surface area contributed by atoms with Crippen LogP contribution >= 0.6 is 15.6 Å². The first-order valence-corrected chi connectivity index (χ1v) is 25.9. The van der Waals surface area contributed by atoms with Gasteiger partial charge in [-0.15, -0.1) is 0 Å². The van der Waals surface area contributed by atoms with Gasteiger partial charge in [-0.2, -0.15) is 0 Å². The number of aliphatic hydroxyl groups is 4. The van der Waals surface area contributed by atoms with Crippen molar-refractivity contribution in [3.8, 4) is 0 Å². The second-order valence-corrected chi connectivity index (χ2v) is 18.7. The van der Waals surface area contributed by atoms with E-state index >= 15 is 0 Å². The molecule has 0 saturated heterocycles. The number of carbonyl (C=O) groups excluding carboxylic acids is 2. The van der Waals surface area contributed by atoms with Crippen LogP contribution in [0.25, 0.3) is 0 Å². The normalized spacial score (nSPS) is 22.4. The summed E-state index contributed by atoms with van der Waals surface area (Å²) in [5.74, 6) is -1.22. The molecular weight excluding hydrogens is 834 g/mol. The van der Waals surface area contributed by atoms with Gasteiger partial charge in [-0.25, -0.2) is 9.13 Å². The second-order valence-electron chi connectivity index (χ2n) is 16.1. The minimum atomic E-state index is -5.36. The molecule has 0 bridgehead atoms. The van der Waals surface area contributed by atoms with Crippen LogP contribution in [-0.4, -0.2) is 103 Å². The highest BCUT2D eigenvalue weighted by molar-refractivity contribution is 7.47. The van der Waals surface area contributed by atoms with Crippen molar-refractivity contribution in [3.63, 3.8) is 0 Å². The molecular formula is C43H80O16P2. The highest BCUT2D eigenvalue weighted by atomic mass is 31.2. The minimum absolute atomic E-state index is 0.0346. The number of aliphatic hydroxyl groups excluding tert-OH is 4. The van der Waals surface area contributed by atoms with Gasteiger partial charge in [0, 0.05) is 12.8 Å². The van der Waals surface area contributed by atoms with Gasteiger partial charge in [0.1, 0.15) is 43.2 Å². The Hall–Kier alpha value is -1.52. The van der Waals surface area contributed by atoms with Crippen molar-refractivity contribution >= 4 is 27.6 Å². The quantitative estimate of drug-likeness (QED) is 0.0133. The number of unbranched alkanes of at least 4 members (excludes halogenated alkanes) is 20. The first kappa shape index (κ1) is 57.5. The van der Waals surface area contributed by atoms with Gasteiger partial charge in [-0.05, 0) is 64.2 Å². The number of ether oxygens (including phenoxy) is 2. The average molecular weight is 915 g/mol. The Kier molecular flexibility index (Phi) is 32.8. The number of hydrogen-bond acceptors (Lipinski definition) is 13. The summed E-state index contributed by atoms with van der Waals surface area (Å²) in [6, 6.07) is 0. The third-order valence-corrected chi connectivity index (χ3v) is 12.0. The molecule has 0 aliphatic heterocycles. The van der Waals surface area contributed by atoms with E-state index in [9.17, 15) is 44.0 Å². The smallest absolute Gasteiger partial charge is 0.462 e. The van der Waals surface area contributed by atoms with Crippen LogP contribution in [0.2, 0.25) is 0 Å². The van der Waals surface area contributed by atoms with Crippen molar-refractivity contribution in [1.82, 2.24) is 0 Å². The van der Waals surface area contributed by atoms with E-state index in [2.05, 4.69) is 42.7 Å². The van der Waals surface area contributed by atoms with Crippen LogP contribution in [0.1, 0.15) is 181 Å². The van der Waals surface area contributed by atoms with Gasteiger partial charge in [0.05, 0.1) is 6.61 Å². The standard InChI is InChI=1S/C43H80O16P2/c1-3-5-7-9-11-13-15-17-18-20-21-23-25-27-29-31-36(44)55-33-35(57-37(45)32-30-28-26-24-22-19-16-14-12-10-8-6-4-2)34-56-61(53,54)59-43-40(48)38(46)39(47)42(41(43)49)58-60(50,51)52/h13-16,35,38-43,46-49H,3-12,17-34H2,1-2H3,(H,53,54)(H2,50,51,52)/t35-,38?,39?,40?,41?,42-,43+/m1/s1. The topological polar surface area (TPSA) is 256 Å². The van der Waals surface area contributed by atoms with E-state index in [1.807, 2.05) is 0 Å². The lowest BCUT2D eigenvalue weighted by atomic mass is 9.85. The zero-order valence-corrected chi connectivity index (χ0v) is 38.6. The Morgan fingerprint density at radius 1 is 0.508 bits per heavy atom. The molecule has 0 aromatic heterocycles. The Bertz CT molecular complexity index is 1290. The molecule has 61 heavy (non-hydrogen) atoms. The molecule has 0 amide bonds. The van der Waals surface area contributed by atoms with Crippen LogP contribution in [-0.2, 0) is 41.8 Å². The molecule has 1 saturated carbocycles. The molecule has 0 aromatic carbocycles. The number of rotatable bonds is 38. The van der Waals surface area contributed by atoms with Gasteiger partial charge < -0.3 is 44.6 Å². The maximum absolute atomic E-state index is 13.0. The maximum Gasteiger partial charge on any atom is 0.472 e. The molecule has 0 aromatic rings. The van der Waals surface area contributed by atoms with Crippen LogP contribution in [0.4, 0.5) is 0 Å². The molecule has 5 unspecified atom stereocenters. The predicted molar refractivity (Wildman–Crippen MR) is 232 cm³/mol. The third kappa shape index (κ3) is 29.5. The molecule has 0 heterocycles. The van der Waals surface area contributed by atoms with Crippen molar-refractivity contribution < 1.29 is 76.9 Å². The summed E-state index contributed by atoms with van der Waals surface area (Å²) in [6.45, 7) is 3.06. The lowest BCUT2D eigenvalue weighted by molar-refractivity contribution is -0.216. The van der Waals surface area contributed by atoms with Crippen molar-refractivity contribution in [1.29, 1.82) is 0 Å². The maximum atomic E-state index is 13.0. The Labute approximate surface area is 364 Å². The van der Waals surface area contributed by atoms with Gasteiger partial charge in [-0.1, -0.05) is 128 Å². The Balaban J connectivity index is 2.62. The van der Waals surface area contributed by atoms with Gasteiger partial charge in [0.25, 0.3) is 0 Å². The summed E-state index contributed by atoms with van der Waals surface area (Å²) < 4.78 is 49.3. The van der Waals surface area contributed by atoms with Crippen molar-refractivity contribution in [2.24, 2.45) is 0 Å². The second kappa shape index (κ2) is 34.8. The van der Waals surface area contributed by atoms with Crippen LogP contribution < -0.4 is 0 Å². The van der Waals surface area contributed by atoms with E-state index in [-0.39, 0.29) is 12.8 Å². The van der Waals surface area contributed by atoms with E-state index in [1.54, 1.807) is 0 Å². The van der Waals surface area contributed by atoms with Gasteiger partial charge >= 0.3 is 27.6 Å². The first-order chi connectivity index (χ1) is 29.1. The molecule has 0 spiro atoms. The van der Waals surface area contributed by atoms with Crippen molar-refractivity contribution in [3.05, 3.63) is 24.3 Å². The molecule has 1 fully saturated rings. The Morgan fingerprint density at radius 3 is 1.34 bits per heavy atom. The summed E-state index contributed by atoms with van der Waals surface area (Å²) in [7, 11) is -10.7.